The van der Waals surface area contributed by atoms with Crippen LogP contribution in [0, 0.1) is 0 Å². The molecular weight excluding hydrogens is 214 g/mol. The van der Waals surface area contributed by atoms with Crippen molar-refractivity contribution in [1.29, 1.82) is 0 Å². The molecule has 0 amide bonds. The van der Waals surface area contributed by atoms with Crippen molar-refractivity contribution in [3.8, 4) is 9.88 Å². The Labute approximate surface area is 90.6 Å². The highest BCUT2D eigenvalue weighted by atomic mass is 32.1. The Balaban J connectivity index is 2.26. The molecule has 0 radical (unpaired) electrons. The third-order valence-electron chi connectivity index (χ3n) is 1.98. The molecule has 0 saturated carbocycles. The van der Waals surface area contributed by atoms with Crippen molar-refractivity contribution >= 4 is 22.7 Å². The van der Waals surface area contributed by atoms with Crippen LogP contribution < -0.4 is 5.73 Å². The Morgan fingerprint density at radius 2 is 2.36 bits per heavy atom. The lowest BCUT2D eigenvalue weighted by Gasteiger charge is -2.02. The minimum absolute atomic E-state index is 0.0629. The summed E-state index contributed by atoms with van der Waals surface area (Å²) >= 11 is 3.23. The summed E-state index contributed by atoms with van der Waals surface area (Å²) in [7, 11) is 0. The van der Waals surface area contributed by atoms with E-state index in [9.17, 15) is 0 Å². The Bertz CT molecular complexity index is 394. The molecule has 0 aliphatic rings. The number of rotatable bonds is 3. The molecule has 0 aliphatic heterocycles. The van der Waals surface area contributed by atoms with Gasteiger partial charge in [-0.25, -0.2) is 4.98 Å². The van der Waals surface area contributed by atoms with Crippen LogP contribution >= 0.6 is 22.7 Å². The highest BCUT2D eigenvalue weighted by Gasteiger charge is 2.10. The Morgan fingerprint density at radius 3 is 3.00 bits per heavy atom. The van der Waals surface area contributed by atoms with Crippen LogP contribution in [0.2, 0.25) is 0 Å². The van der Waals surface area contributed by atoms with Gasteiger partial charge in [-0.3, -0.25) is 4.98 Å². The van der Waals surface area contributed by atoms with Gasteiger partial charge in [-0.05, 0) is 6.42 Å². The Hall–Kier alpha value is -0.780. The van der Waals surface area contributed by atoms with Crippen LogP contribution in [0.3, 0.4) is 0 Å². The molecule has 2 aromatic heterocycles. The van der Waals surface area contributed by atoms with Gasteiger partial charge in [0.15, 0.2) is 0 Å². The molecule has 1 unspecified atom stereocenters. The second-order valence-corrected chi connectivity index (χ2v) is 4.70. The average molecular weight is 225 g/mol. The lowest BCUT2D eigenvalue weighted by Crippen LogP contribution is -2.08. The summed E-state index contributed by atoms with van der Waals surface area (Å²) in [6.45, 7) is 2.07. The molecule has 0 bridgehead atoms. The first-order valence-electron chi connectivity index (χ1n) is 4.41. The molecule has 0 aliphatic carbocycles. The standard InChI is InChI=1S/C9H11N3S2/c1-2-6(10)7-4-13-9(12-7)8-3-11-5-14-8/h3-6H,2,10H2,1H3. The minimum Gasteiger partial charge on any atom is -0.323 e. The van der Waals surface area contributed by atoms with E-state index in [1.165, 1.54) is 0 Å². The zero-order chi connectivity index (χ0) is 9.97. The van der Waals surface area contributed by atoms with Gasteiger partial charge in [-0.1, -0.05) is 6.92 Å². The fraction of sp³-hybridized carbons (Fsp3) is 0.333. The lowest BCUT2D eigenvalue weighted by molar-refractivity contribution is 0.681. The summed E-state index contributed by atoms with van der Waals surface area (Å²) < 4.78 is 0. The van der Waals surface area contributed by atoms with Crippen molar-refractivity contribution in [2.45, 2.75) is 19.4 Å². The SMILES string of the molecule is CCC(N)c1csc(-c2cncs2)n1. The molecular formula is C9H11N3S2. The second kappa shape index (κ2) is 4.16. The molecule has 1 atom stereocenters. The molecule has 74 valence electrons. The lowest BCUT2D eigenvalue weighted by atomic mass is 10.2. The van der Waals surface area contributed by atoms with E-state index in [0.717, 1.165) is 22.0 Å². The van der Waals surface area contributed by atoms with Crippen molar-refractivity contribution < 1.29 is 0 Å². The highest BCUT2D eigenvalue weighted by Crippen LogP contribution is 2.28. The van der Waals surface area contributed by atoms with Crippen LogP contribution in [0.25, 0.3) is 9.88 Å². The first-order chi connectivity index (χ1) is 6.81. The smallest absolute Gasteiger partial charge is 0.135 e. The minimum atomic E-state index is 0.0629. The van der Waals surface area contributed by atoms with E-state index in [0.29, 0.717) is 0 Å². The highest BCUT2D eigenvalue weighted by molar-refractivity contribution is 7.19. The summed E-state index contributed by atoms with van der Waals surface area (Å²) in [5.74, 6) is 0. The fourth-order valence-corrected chi connectivity index (χ4v) is 2.68. The van der Waals surface area contributed by atoms with Crippen LogP contribution in [-0.4, -0.2) is 9.97 Å². The van der Waals surface area contributed by atoms with Gasteiger partial charge in [-0.15, -0.1) is 22.7 Å². The summed E-state index contributed by atoms with van der Waals surface area (Å²) in [6.07, 6.45) is 2.76. The van der Waals surface area contributed by atoms with Crippen molar-refractivity contribution in [3.63, 3.8) is 0 Å². The number of hydrogen-bond donors (Lipinski definition) is 1. The average Bonchev–Trinajstić information content (AvgIpc) is 2.86. The number of nitrogens with zero attached hydrogens (tertiary/aromatic N) is 2. The van der Waals surface area contributed by atoms with Crippen molar-refractivity contribution in [3.05, 3.63) is 22.8 Å². The van der Waals surface area contributed by atoms with Gasteiger partial charge >= 0.3 is 0 Å². The molecule has 14 heavy (non-hydrogen) atoms. The summed E-state index contributed by atoms with van der Waals surface area (Å²) in [4.78, 5) is 9.63. The van der Waals surface area contributed by atoms with Crippen molar-refractivity contribution in [2.75, 3.05) is 0 Å². The molecule has 0 spiro atoms. The number of aromatic nitrogens is 2. The molecule has 3 nitrogen and oxygen atoms in total. The van der Waals surface area contributed by atoms with Crippen LogP contribution in [0.1, 0.15) is 25.1 Å². The molecule has 2 aromatic rings. The largest absolute Gasteiger partial charge is 0.323 e. The van der Waals surface area contributed by atoms with Gasteiger partial charge in [0.2, 0.25) is 0 Å². The second-order valence-electron chi connectivity index (χ2n) is 2.96. The molecule has 0 aromatic carbocycles. The normalized spacial score (nSPS) is 13.0. The van der Waals surface area contributed by atoms with E-state index in [1.54, 1.807) is 22.7 Å². The third kappa shape index (κ3) is 1.84. The van der Waals surface area contributed by atoms with Gasteiger partial charge in [-0.2, -0.15) is 0 Å². The van der Waals surface area contributed by atoms with Crippen LogP contribution in [0.5, 0.6) is 0 Å². The third-order valence-corrected chi connectivity index (χ3v) is 3.79. The number of hydrogen-bond acceptors (Lipinski definition) is 5. The summed E-state index contributed by atoms with van der Waals surface area (Å²) in [5.41, 5.74) is 8.70. The van der Waals surface area contributed by atoms with E-state index in [-0.39, 0.29) is 6.04 Å². The van der Waals surface area contributed by atoms with Crippen molar-refractivity contribution in [2.24, 2.45) is 5.73 Å². The zero-order valence-electron chi connectivity index (χ0n) is 7.80. The van der Waals surface area contributed by atoms with Gasteiger partial charge in [0.05, 0.1) is 16.1 Å². The Kier molecular flexibility index (Phi) is 2.90. The number of thiazole rings is 2. The maximum absolute atomic E-state index is 5.89. The topological polar surface area (TPSA) is 51.8 Å². The van der Waals surface area contributed by atoms with Gasteiger partial charge < -0.3 is 5.73 Å². The quantitative estimate of drug-likeness (QED) is 0.873. The van der Waals surface area contributed by atoms with E-state index in [2.05, 4.69) is 16.9 Å². The summed E-state index contributed by atoms with van der Waals surface area (Å²) in [5, 5.41) is 3.05. The van der Waals surface area contributed by atoms with E-state index in [1.807, 2.05) is 17.1 Å². The Morgan fingerprint density at radius 1 is 1.50 bits per heavy atom. The van der Waals surface area contributed by atoms with Crippen LogP contribution in [-0.2, 0) is 0 Å². The summed E-state index contributed by atoms with van der Waals surface area (Å²) in [6, 6.07) is 0.0629. The van der Waals surface area contributed by atoms with Crippen molar-refractivity contribution in [1.82, 2.24) is 9.97 Å². The van der Waals surface area contributed by atoms with Gasteiger partial charge in [0, 0.05) is 17.6 Å². The van der Waals surface area contributed by atoms with E-state index >= 15 is 0 Å². The van der Waals surface area contributed by atoms with Crippen LogP contribution in [0.4, 0.5) is 0 Å². The maximum Gasteiger partial charge on any atom is 0.135 e. The molecule has 0 saturated heterocycles. The molecule has 2 heterocycles. The monoisotopic (exact) mass is 225 g/mol. The molecule has 5 heteroatoms. The molecule has 2 N–H and O–H groups in total. The predicted molar refractivity (Wildman–Crippen MR) is 60.4 cm³/mol. The van der Waals surface area contributed by atoms with Gasteiger partial charge in [0.25, 0.3) is 0 Å². The maximum atomic E-state index is 5.89. The number of nitrogens with two attached hydrogens (primary N) is 1. The zero-order valence-corrected chi connectivity index (χ0v) is 9.44. The fourth-order valence-electron chi connectivity index (χ4n) is 1.10. The van der Waals surface area contributed by atoms with E-state index in [4.69, 9.17) is 5.73 Å². The molecule has 2 rings (SSSR count). The molecule has 0 fully saturated rings. The first-order valence-corrected chi connectivity index (χ1v) is 6.17. The van der Waals surface area contributed by atoms with E-state index < -0.39 is 0 Å². The predicted octanol–water partition coefficient (Wildman–Crippen LogP) is 2.68. The van der Waals surface area contributed by atoms with Gasteiger partial charge in [0.1, 0.15) is 5.01 Å². The van der Waals surface area contributed by atoms with Crippen LogP contribution in [0.15, 0.2) is 17.1 Å². The first kappa shape index (κ1) is 9.76.